The summed E-state index contributed by atoms with van der Waals surface area (Å²) in [6.45, 7) is 1.07. The second-order valence-electron chi connectivity index (χ2n) is 11.1. The molecule has 0 amide bonds. The Labute approximate surface area is 194 Å². The zero-order chi connectivity index (χ0) is 22.0. The third kappa shape index (κ3) is 2.77. The van der Waals surface area contributed by atoms with Crippen molar-refractivity contribution < 1.29 is 0 Å². The number of nitriles is 1. The quantitative estimate of drug-likeness (QED) is 0.564. The van der Waals surface area contributed by atoms with E-state index < -0.39 is 0 Å². The van der Waals surface area contributed by atoms with E-state index in [1.165, 1.54) is 54.5 Å². The summed E-state index contributed by atoms with van der Waals surface area (Å²) >= 11 is 0. The number of rotatable bonds is 4. The number of pyridine rings is 1. The summed E-state index contributed by atoms with van der Waals surface area (Å²) in [5.74, 6) is 1.95. The van der Waals surface area contributed by atoms with Gasteiger partial charge in [-0.1, -0.05) is 19.3 Å². The smallest absolute Gasteiger partial charge is 0.139 e. The van der Waals surface area contributed by atoms with Gasteiger partial charge < -0.3 is 14.9 Å². The van der Waals surface area contributed by atoms with E-state index in [0.717, 1.165) is 62.2 Å². The average Bonchev–Trinajstić information content (AvgIpc) is 3.46. The lowest BCUT2D eigenvalue weighted by Gasteiger charge is -2.55. The number of nitrogens with zero attached hydrogens (tertiary/aromatic N) is 4. The highest BCUT2D eigenvalue weighted by Gasteiger charge is 2.55. The predicted molar refractivity (Wildman–Crippen MR) is 128 cm³/mol. The number of H-pyrrole nitrogens is 1. The molecular formula is C27H32N6. The molecule has 170 valence electrons. The van der Waals surface area contributed by atoms with Gasteiger partial charge in [0.25, 0.3) is 0 Å². The van der Waals surface area contributed by atoms with E-state index in [1.807, 2.05) is 12.4 Å². The summed E-state index contributed by atoms with van der Waals surface area (Å²) in [4.78, 5) is 13.1. The van der Waals surface area contributed by atoms with Gasteiger partial charge in [-0.3, -0.25) is 0 Å². The average molecular weight is 441 g/mol. The standard InChI is InChI=1S/C27H32N6/c28-12-11-26-7-9-27(10-8-26)15-20(26)21(30-16-18-4-2-1-3-5-18)14-23-32-22-17-31-25-19(6-13-29-25)24(22)33(23)27/h6,13,17-18,30H,1-5,7-11,14-16H2,(H,29,31). The van der Waals surface area contributed by atoms with Crippen LogP contribution in [-0.2, 0) is 12.0 Å². The maximum atomic E-state index is 9.77. The molecule has 0 radical (unpaired) electrons. The Morgan fingerprint density at radius 3 is 2.85 bits per heavy atom. The van der Waals surface area contributed by atoms with Crippen molar-refractivity contribution in [1.29, 1.82) is 5.26 Å². The van der Waals surface area contributed by atoms with Gasteiger partial charge in [0, 0.05) is 42.1 Å². The van der Waals surface area contributed by atoms with Gasteiger partial charge in [0.15, 0.2) is 0 Å². The van der Waals surface area contributed by atoms with E-state index in [2.05, 4.69) is 32.0 Å². The van der Waals surface area contributed by atoms with Crippen LogP contribution in [0, 0.1) is 22.7 Å². The van der Waals surface area contributed by atoms with Gasteiger partial charge >= 0.3 is 0 Å². The van der Waals surface area contributed by atoms with Crippen molar-refractivity contribution in [3.8, 4) is 6.07 Å². The van der Waals surface area contributed by atoms with Crippen molar-refractivity contribution in [3.05, 3.63) is 35.6 Å². The van der Waals surface area contributed by atoms with Crippen LogP contribution in [0.25, 0.3) is 22.1 Å². The molecule has 0 atom stereocenters. The summed E-state index contributed by atoms with van der Waals surface area (Å²) in [5.41, 5.74) is 6.29. The van der Waals surface area contributed by atoms with E-state index >= 15 is 0 Å². The maximum absolute atomic E-state index is 9.77. The van der Waals surface area contributed by atoms with E-state index in [1.54, 1.807) is 5.57 Å². The van der Waals surface area contributed by atoms with Crippen LogP contribution in [0.1, 0.15) is 76.5 Å². The van der Waals surface area contributed by atoms with Crippen molar-refractivity contribution in [3.63, 3.8) is 0 Å². The Hall–Kier alpha value is -2.81. The van der Waals surface area contributed by atoms with E-state index in [9.17, 15) is 5.26 Å². The zero-order valence-electron chi connectivity index (χ0n) is 19.3. The molecule has 4 aliphatic carbocycles. The van der Waals surface area contributed by atoms with Crippen LogP contribution in [0.5, 0.6) is 0 Å². The van der Waals surface area contributed by atoms with Gasteiger partial charge in [-0.15, -0.1) is 0 Å². The Kier molecular flexibility index (Phi) is 4.22. The minimum absolute atomic E-state index is 0.0657. The molecule has 3 aromatic rings. The van der Waals surface area contributed by atoms with Crippen molar-refractivity contribution in [1.82, 2.24) is 24.8 Å². The number of hydrogen-bond acceptors (Lipinski definition) is 4. The molecule has 0 unspecified atom stereocenters. The summed E-state index contributed by atoms with van der Waals surface area (Å²) in [6, 6.07) is 4.73. The summed E-state index contributed by atoms with van der Waals surface area (Å²) < 4.78 is 2.62. The van der Waals surface area contributed by atoms with E-state index in [4.69, 9.17) is 4.98 Å². The van der Waals surface area contributed by atoms with Crippen LogP contribution < -0.4 is 5.32 Å². The van der Waals surface area contributed by atoms with Crippen LogP contribution in [0.4, 0.5) is 0 Å². The first-order valence-electron chi connectivity index (χ1n) is 12.9. The minimum atomic E-state index is 0.0657. The third-order valence-corrected chi connectivity index (χ3v) is 9.47. The number of nitrogens with one attached hydrogen (secondary N) is 2. The Bertz CT molecular complexity index is 1300. The number of aromatic amines is 1. The highest BCUT2D eigenvalue weighted by molar-refractivity contribution is 6.01. The van der Waals surface area contributed by atoms with Gasteiger partial charge in [-0.25, -0.2) is 9.97 Å². The van der Waals surface area contributed by atoms with E-state index in [-0.39, 0.29) is 11.0 Å². The highest BCUT2D eigenvalue weighted by atomic mass is 15.2. The Morgan fingerprint density at radius 2 is 2.03 bits per heavy atom. The molecular weight excluding hydrogens is 408 g/mol. The molecule has 33 heavy (non-hydrogen) atoms. The second-order valence-corrected chi connectivity index (χ2v) is 11.1. The molecule has 6 nitrogen and oxygen atoms in total. The summed E-state index contributed by atoms with van der Waals surface area (Å²) in [5, 5.41) is 14.9. The highest BCUT2D eigenvalue weighted by Crippen LogP contribution is 2.62. The molecule has 1 spiro atoms. The van der Waals surface area contributed by atoms with Crippen molar-refractivity contribution in [2.45, 2.75) is 82.6 Å². The molecule has 3 aromatic heterocycles. The normalized spacial score (nSPS) is 29.3. The van der Waals surface area contributed by atoms with Crippen LogP contribution in [0.2, 0.25) is 0 Å². The molecule has 4 heterocycles. The first-order valence-corrected chi connectivity index (χ1v) is 12.9. The maximum Gasteiger partial charge on any atom is 0.139 e. The van der Waals surface area contributed by atoms with Crippen molar-refractivity contribution in [2.24, 2.45) is 11.3 Å². The molecule has 0 aromatic carbocycles. The fourth-order valence-electron chi connectivity index (χ4n) is 7.69. The lowest BCUT2D eigenvalue weighted by molar-refractivity contribution is 0.0583. The molecule has 6 heteroatoms. The van der Waals surface area contributed by atoms with Gasteiger partial charge in [0.2, 0.25) is 0 Å². The van der Waals surface area contributed by atoms with E-state index in [0.29, 0.717) is 6.42 Å². The van der Waals surface area contributed by atoms with Crippen LogP contribution in [0.3, 0.4) is 0 Å². The topological polar surface area (TPSA) is 82.3 Å². The first-order chi connectivity index (χ1) is 16.2. The van der Waals surface area contributed by atoms with Gasteiger partial charge in [-0.2, -0.15) is 5.26 Å². The Morgan fingerprint density at radius 1 is 1.18 bits per heavy atom. The molecule has 0 saturated heterocycles. The molecule has 4 fully saturated rings. The fraction of sp³-hybridized carbons (Fsp3) is 0.593. The molecule has 3 bridgehead atoms. The first kappa shape index (κ1) is 19.6. The van der Waals surface area contributed by atoms with Crippen molar-refractivity contribution >= 4 is 22.1 Å². The minimum Gasteiger partial charge on any atom is -0.388 e. The molecule has 4 saturated carbocycles. The van der Waals surface area contributed by atoms with Gasteiger partial charge in [0.1, 0.15) is 17.0 Å². The molecule has 5 aliphatic rings. The molecule has 1 aliphatic heterocycles. The Balaban J connectivity index is 1.38. The summed E-state index contributed by atoms with van der Waals surface area (Å²) in [6.07, 6.45) is 17.8. The molecule has 2 N–H and O–H groups in total. The number of imidazole rings is 1. The molecule has 8 rings (SSSR count). The fourth-order valence-corrected chi connectivity index (χ4v) is 7.69. The van der Waals surface area contributed by atoms with Gasteiger partial charge in [0.05, 0.1) is 23.3 Å². The van der Waals surface area contributed by atoms with Gasteiger partial charge in [-0.05, 0) is 62.5 Å². The zero-order valence-corrected chi connectivity index (χ0v) is 19.3. The largest absolute Gasteiger partial charge is 0.388 e. The lowest BCUT2D eigenvalue weighted by atomic mass is 9.53. The van der Waals surface area contributed by atoms with Crippen LogP contribution >= 0.6 is 0 Å². The number of allylic oxidation sites excluding steroid dienone is 2. The third-order valence-electron chi connectivity index (χ3n) is 9.47. The second kappa shape index (κ2) is 7.09. The van der Waals surface area contributed by atoms with Crippen LogP contribution in [-0.4, -0.2) is 26.1 Å². The lowest BCUT2D eigenvalue weighted by Crippen LogP contribution is -2.49. The number of aromatic nitrogens is 4. The number of hydrogen-bond donors (Lipinski definition) is 2. The predicted octanol–water partition coefficient (Wildman–Crippen LogP) is 5.47. The SMILES string of the molecule is N#CCC12CCC3(CC1)CC2=C(NCC1CCCCC1)Cc1nc2cnc4[nH]ccc4c2n13. The van der Waals surface area contributed by atoms with Crippen molar-refractivity contribution in [2.75, 3.05) is 6.54 Å². The monoisotopic (exact) mass is 440 g/mol. The number of fused-ring (bicyclic) bond motifs is 7. The summed E-state index contributed by atoms with van der Waals surface area (Å²) in [7, 11) is 0. The van der Waals surface area contributed by atoms with Crippen LogP contribution in [0.15, 0.2) is 29.7 Å².